The van der Waals surface area contributed by atoms with Crippen molar-refractivity contribution >= 4 is 64.8 Å². The van der Waals surface area contributed by atoms with E-state index in [0.29, 0.717) is 10.0 Å². The van der Waals surface area contributed by atoms with Gasteiger partial charge in [-0.3, -0.25) is 20.2 Å². The highest BCUT2D eigenvalue weighted by Gasteiger charge is 2.17. The van der Waals surface area contributed by atoms with E-state index in [-0.39, 0.29) is 16.5 Å². The maximum absolute atomic E-state index is 12.7. The molecule has 0 fully saturated rings. The molecule has 0 aromatic heterocycles. The van der Waals surface area contributed by atoms with Crippen molar-refractivity contribution in [1.82, 2.24) is 10.7 Å². The first kappa shape index (κ1) is 24.8. The first-order valence-corrected chi connectivity index (χ1v) is 10.6. The fourth-order valence-electron chi connectivity index (χ4n) is 2.47. The number of rotatable bonds is 6. The smallest absolute Gasteiger partial charge is 0.288 e. The van der Waals surface area contributed by atoms with Gasteiger partial charge in [0.1, 0.15) is 5.02 Å². The van der Waals surface area contributed by atoms with Gasteiger partial charge in [0.25, 0.3) is 11.6 Å². The molecule has 0 saturated heterocycles. The molecule has 0 unspecified atom stereocenters. The van der Waals surface area contributed by atoms with Gasteiger partial charge in [0.05, 0.1) is 17.4 Å². The lowest BCUT2D eigenvalue weighted by Crippen LogP contribution is -2.38. The minimum absolute atomic E-state index is 0.00559. The van der Waals surface area contributed by atoms with Gasteiger partial charge in [0.15, 0.2) is 0 Å². The Labute approximate surface area is 208 Å². The van der Waals surface area contributed by atoms with E-state index in [4.69, 9.17) is 34.8 Å². The van der Waals surface area contributed by atoms with Crippen LogP contribution in [-0.4, -0.2) is 29.2 Å². The third-order valence-electron chi connectivity index (χ3n) is 4.13. The molecule has 0 radical (unpaired) electrons. The minimum Gasteiger partial charge on any atom is -0.290 e. The van der Waals surface area contributed by atoms with E-state index in [1.807, 2.05) is 0 Å². The fraction of sp³-hybridized carbons (Fsp3) is 0. The summed E-state index contributed by atoms with van der Waals surface area (Å²) in [4.78, 5) is 23.1. The molecule has 0 aliphatic heterocycles. The van der Waals surface area contributed by atoms with E-state index >= 15 is 0 Å². The number of halogens is 3. The second-order valence-corrected chi connectivity index (χ2v) is 7.82. The third-order valence-corrected chi connectivity index (χ3v) is 4.95. The molecule has 1 amide bonds. The number of hydrogen-bond acceptors (Lipinski definition) is 6. The van der Waals surface area contributed by atoms with Crippen molar-refractivity contribution in [3.8, 4) is 0 Å². The average Bonchev–Trinajstić information content (AvgIpc) is 2.81. The molecule has 9 nitrogen and oxygen atoms in total. The number of carbonyl (C=O) groups is 1. The molecule has 2 N–H and O–H groups in total. The zero-order valence-corrected chi connectivity index (χ0v) is 19.4. The van der Waals surface area contributed by atoms with Crippen LogP contribution in [0.15, 0.2) is 82.0 Å². The van der Waals surface area contributed by atoms with Gasteiger partial charge in [-0.05, 0) is 47.5 Å². The molecule has 0 heterocycles. The summed E-state index contributed by atoms with van der Waals surface area (Å²) in [5, 5.41) is 26.6. The first-order valence-electron chi connectivity index (χ1n) is 9.48. The van der Waals surface area contributed by atoms with E-state index in [1.165, 1.54) is 24.6 Å². The van der Waals surface area contributed by atoms with E-state index in [1.54, 1.807) is 48.5 Å². The number of hydrazone groups is 1. The largest absolute Gasteiger partial charge is 0.290 e. The molecule has 0 saturated carbocycles. The minimum atomic E-state index is -0.686. The van der Waals surface area contributed by atoms with Gasteiger partial charge >= 0.3 is 0 Å². The third kappa shape index (κ3) is 7.38. The SMILES string of the molecule is O=C(NC(=N/N=C/c1ccc(Cl)cc1)N/N=C/c1ccc(Cl)cc1)c1ccc(Cl)c([N+](=O)[O-])c1. The van der Waals surface area contributed by atoms with Crippen LogP contribution in [0.3, 0.4) is 0 Å². The van der Waals surface area contributed by atoms with Crippen LogP contribution in [-0.2, 0) is 0 Å². The molecule has 34 heavy (non-hydrogen) atoms. The lowest BCUT2D eigenvalue weighted by molar-refractivity contribution is -0.384. The highest BCUT2D eigenvalue weighted by molar-refractivity contribution is 6.33. The Kier molecular flexibility index (Phi) is 8.69. The second-order valence-electron chi connectivity index (χ2n) is 6.54. The Morgan fingerprint density at radius 3 is 2.06 bits per heavy atom. The molecular formula is C22H15Cl3N6O3. The predicted octanol–water partition coefficient (Wildman–Crippen LogP) is 5.30. The van der Waals surface area contributed by atoms with Gasteiger partial charge in [-0.2, -0.15) is 10.2 Å². The average molecular weight is 518 g/mol. The van der Waals surface area contributed by atoms with Crippen molar-refractivity contribution < 1.29 is 9.72 Å². The van der Waals surface area contributed by atoms with Crippen LogP contribution < -0.4 is 10.7 Å². The van der Waals surface area contributed by atoms with Gasteiger partial charge in [-0.15, -0.1) is 5.10 Å². The number of benzene rings is 3. The Morgan fingerprint density at radius 1 is 0.882 bits per heavy atom. The number of amides is 1. The predicted molar refractivity (Wildman–Crippen MR) is 134 cm³/mol. The molecule has 12 heteroatoms. The summed E-state index contributed by atoms with van der Waals surface area (Å²) in [5.74, 6) is -0.813. The quantitative estimate of drug-likeness (QED) is 0.199. The van der Waals surface area contributed by atoms with E-state index < -0.39 is 16.5 Å². The van der Waals surface area contributed by atoms with Crippen LogP contribution in [0.25, 0.3) is 0 Å². The molecule has 0 bridgehead atoms. The number of nitrogens with zero attached hydrogens (tertiary/aromatic N) is 4. The Hall–Kier alpha value is -3.79. The van der Waals surface area contributed by atoms with Crippen LogP contribution >= 0.6 is 34.8 Å². The van der Waals surface area contributed by atoms with Crippen LogP contribution in [0.1, 0.15) is 21.5 Å². The summed E-state index contributed by atoms with van der Waals surface area (Å²) in [6, 6.07) is 17.4. The van der Waals surface area contributed by atoms with Crippen molar-refractivity contribution in [3.63, 3.8) is 0 Å². The van der Waals surface area contributed by atoms with Crippen LogP contribution in [0.4, 0.5) is 5.69 Å². The molecule has 0 spiro atoms. The summed E-state index contributed by atoms with van der Waals surface area (Å²) in [7, 11) is 0. The Bertz CT molecular complexity index is 1280. The fourth-order valence-corrected chi connectivity index (χ4v) is 2.91. The standard InChI is InChI=1S/C22H15Cl3N6O3/c23-17-6-1-14(2-7-17)12-26-29-22(30-27-13-15-3-8-18(24)9-4-15)28-21(32)16-5-10-19(25)20(11-16)31(33)34/h1-13H,(H2,28,29,30,32)/b26-12+,27-13+. The van der Waals surface area contributed by atoms with Crippen molar-refractivity contribution in [1.29, 1.82) is 0 Å². The van der Waals surface area contributed by atoms with E-state index in [2.05, 4.69) is 26.0 Å². The molecule has 0 aliphatic carbocycles. The van der Waals surface area contributed by atoms with Gasteiger partial charge in [-0.25, -0.2) is 5.43 Å². The van der Waals surface area contributed by atoms with Crippen molar-refractivity contribution in [2.45, 2.75) is 0 Å². The Morgan fingerprint density at radius 2 is 1.47 bits per heavy atom. The number of guanidine groups is 1. The van der Waals surface area contributed by atoms with Gasteiger partial charge < -0.3 is 0 Å². The maximum atomic E-state index is 12.7. The van der Waals surface area contributed by atoms with Gasteiger partial charge in [0.2, 0.25) is 5.96 Å². The number of nitrogens with one attached hydrogen (secondary N) is 2. The molecule has 3 aromatic carbocycles. The van der Waals surface area contributed by atoms with Crippen LogP contribution in [0.2, 0.25) is 15.1 Å². The van der Waals surface area contributed by atoms with E-state index in [0.717, 1.165) is 17.2 Å². The maximum Gasteiger partial charge on any atom is 0.288 e. The number of nitro groups is 1. The summed E-state index contributed by atoms with van der Waals surface area (Å²) in [6.45, 7) is 0. The number of nitro benzene ring substituents is 1. The van der Waals surface area contributed by atoms with Crippen LogP contribution in [0, 0.1) is 10.1 Å². The van der Waals surface area contributed by atoms with Crippen molar-refractivity contribution in [3.05, 3.63) is 109 Å². The normalized spacial score (nSPS) is 11.7. The topological polar surface area (TPSA) is 121 Å². The zero-order valence-electron chi connectivity index (χ0n) is 17.2. The number of hydrogen-bond donors (Lipinski definition) is 2. The Balaban J connectivity index is 1.80. The zero-order chi connectivity index (χ0) is 24.5. The number of carbonyl (C=O) groups excluding carboxylic acids is 1. The lowest BCUT2D eigenvalue weighted by atomic mass is 10.2. The highest BCUT2D eigenvalue weighted by atomic mass is 35.5. The second kappa shape index (κ2) is 11.9. The van der Waals surface area contributed by atoms with Crippen molar-refractivity contribution in [2.75, 3.05) is 0 Å². The first-order chi connectivity index (χ1) is 16.3. The molecule has 0 aliphatic rings. The lowest BCUT2D eigenvalue weighted by Gasteiger charge is -2.07. The monoisotopic (exact) mass is 516 g/mol. The molecule has 0 atom stereocenters. The molecule has 3 aromatic rings. The molecule has 172 valence electrons. The summed E-state index contributed by atoms with van der Waals surface area (Å²) in [5.41, 5.74) is 3.64. The summed E-state index contributed by atoms with van der Waals surface area (Å²) < 4.78 is 0. The molecular weight excluding hydrogens is 503 g/mol. The van der Waals surface area contributed by atoms with Crippen LogP contribution in [0.5, 0.6) is 0 Å². The van der Waals surface area contributed by atoms with Crippen molar-refractivity contribution in [2.24, 2.45) is 15.3 Å². The van der Waals surface area contributed by atoms with Gasteiger partial charge in [-0.1, -0.05) is 59.1 Å². The van der Waals surface area contributed by atoms with E-state index in [9.17, 15) is 14.9 Å². The molecule has 3 rings (SSSR count). The van der Waals surface area contributed by atoms with Gasteiger partial charge in [0, 0.05) is 21.7 Å². The summed E-state index contributed by atoms with van der Waals surface area (Å²) in [6.07, 6.45) is 2.92. The highest BCUT2D eigenvalue weighted by Crippen LogP contribution is 2.25. The summed E-state index contributed by atoms with van der Waals surface area (Å²) >= 11 is 17.5.